The number of carbonyl (C=O) groups is 1. The van der Waals surface area contributed by atoms with Gasteiger partial charge in [-0.15, -0.1) is 0 Å². The Balaban J connectivity index is 1.45. The quantitative estimate of drug-likeness (QED) is 0.755. The van der Waals surface area contributed by atoms with E-state index in [0.29, 0.717) is 23.8 Å². The van der Waals surface area contributed by atoms with E-state index in [1.807, 2.05) is 42.2 Å². The molecule has 1 aliphatic rings. The van der Waals surface area contributed by atoms with Gasteiger partial charge in [-0.1, -0.05) is 17.7 Å². The summed E-state index contributed by atoms with van der Waals surface area (Å²) in [5.41, 5.74) is 4.36. The number of amides is 1. The predicted octanol–water partition coefficient (Wildman–Crippen LogP) is 3.40. The molecule has 4 rings (SSSR count). The van der Waals surface area contributed by atoms with E-state index in [0.717, 1.165) is 35.6 Å². The van der Waals surface area contributed by atoms with Crippen molar-refractivity contribution in [1.29, 1.82) is 0 Å². The van der Waals surface area contributed by atoms with Crippen LogP contribution in [0.15, 0.2) is 48.8 Å². The molecule has 0 aliphatic carbocycles. The number of anilines is 1. The van der Waals surface area contributed by atoms with E-state index < -0.39 is 0 Å². The number of aromatic nitrogens is 3. The molecule has 1 saturated heterocycles. The molecule has 0 spiro atoms. The van der Waals surface area contributed by atoms with Crippen molar-refractivity contribution in [3.63, 3.8) is 0 Å². The van der Waals surface area contributed by atoms with Gasteiger partial charge >= 0.3 is 0 Å². The zero-order valence-corrected chi connectivity index (χ0v) is 15.8. The lowest BCUT2D eigenvalue weighted by Crippen LogP contribution is -2.48. The SMILES string of the molecule is Cc1ccc(Cl)cc1-c1cc(C(=O)N2CCN(c3ccncc3)CC2)[nH]n1. The maximum absolute atomic E-state index is 12.8. The third kappa shape index (κ3) is 3.66. The van der Waals surface area contributed by atoms with E-state index in [-0.39, 0.29) is 5.91 Å². The van der Waals surface area contributed by atoms with E-state index >= 15 is 0 Å². The molecule has 0 atom stereocenters. The molecular formula is C20H20ClN5O. The Bertz CT molecular complexity index is 948. The number of benzene rings is 1. The van der Waals surface area contributed by atoms with Crippen molar-refractivity contribution in [2.45, 2.75) is 6.92 Å². The average Bonchev–Trinajstić information content (AvgIpc) is 3.20. The Morgan fingerprint density at radius 1 is 1.07 bits per heavy atom. The molecule has 138 valence electrons. The summed E-state index contributed by atoms with van der Waals surface area (Å²) in [7, 11) is 0. The van der Waals surface area contributed by atoms with Gasteiger partial charge in [-0.05, 0) is 42.8 Å². The molecule has 3 aromatic rings. The first kappa shape index (κ1) is 17.5. The first-order chi connectivity index (χ1) is 13.1. The van der Waals surface area contributed by atoms with Crippen molar-refractivity contribution in [2.24, 2.45) is 0 Å². The van der Waals surface area contributed by atoms with E-state index in [9.17, 15) is 4.79 Å². The van der Waals surface area contributed by atoms with Crippen LogP contribution in [0.5, 0.6) is 0 Å². The fraction of sp³-hybridized carbons (Fsp3) is 0.250. The van der Waals surface area contributed by atoms with Crippen LogP contribution in [0.4, 0.5) is 5.69 Å². The van der Waals surface area contributed by atoms with E-state index in [1.54, 1.807) is 18.5 Å². The Morgan fingerprint density at radius 3 is 2.56 bits per heavy atom. The van der Waals surface area contributed by atoms with Gasteiger partial charge in [-0.2, -0.15) is 5.10 Å². The third-order valence-electron chi connectivity index (χ3n) is 4.88. The van der Waals surface area contributed by atoms with Crippen LogP contribution in [0.25, 0.3) is 11.3 Å². The van der Waals surface area contributed by atoms with Crippen LogP contribution in [-0.4, -0.2) is 52.2 Å². The van der Waals surface area contributed by atoms with Gasteiger partial charge < -0.3 is 9.80 Å². The highest BCUT2D eigenvalue weighted by atomic mass is 35.5. The van der Waals surface area contributed by atoms with Gasteiger partial charge in [-0.25, -0.2) is 0 Å². The third-order valence-corrected chi connectivity index (χ3v) is 5.11. The van der Waals surface area contributed by atoms with E-state index in [2.05, 4.69) is 20.1 Å². The Morgan fingerprint density at radius 2 is 1.81 bits per heavy atom. The number of hydrogen-bond donors (Lipinski definition) is 1. The summed E-state index contributed by atoms with van der Waals surface area (Å²) < 4.78 is 0. The molecular weight excluding hydrogens is 362 g/mol. The maximum Gasteiger partial charge on any atom is 0.272 e. The zero-order valence-electron chi connectivity index (χ0n) is 15.0. The average molecular weight is 382 g/mol. The summed E-state index contributed by atoms with van der Waals surface area (Å²) >= 11 is 6.10. The number of carbonyl (C=O) groups excluding carboxylic acids is 1. The van der Waals surface area contributed by atoms with Gasteiger partial charge in [-0.3, -0.25) is 14.9 Å². The number of pyridine rings is 1. The summed E-state index contributed by atoms with van der Waals surface area (Å²) in [6.07, 6.45) is 3.58. The number of halogens is 1. The lowest BCUT2D eigenvalue weighted by Gasteiger charge is -2.35. The second-order valence-corrected chi connectivity index (χ2v) is 7.05. The molecule has 0 unspecified atom stereocenters. The van der Waals surface area contributed by atoms with Crippen LogP contribution in [0, 0.1) is 6.92 Å². The fourth-order valence-corrected chi connectivity index (χ4v) is 3.50. The second-order valence-electron chi connectivity index (χ2n) is 6.61. The topological polar surface area (TPSA) is 65.1 Å². The first-order valence-electron chi connectivity index (χ1n) is 8.88. The molecule has 1 amide bonds. The largest absolute Gasteiger partial charge is 0.368 e. The number of aromatic amines is 1. The van der Waals surface area contributed by atoms with Gasteiger partial charge in [0.05, 0.1) is 5.69 Å². The summed E-state index contributed by atoms with van der Waals surface area (Å²) in [6, 6.07) is 11.5. The molecule has 2 aromatic heterocycles. The maximum atomic E-state index is 12.8. The summed E-state index contributed by atoms with van der Waals surface area (Å²) in [6.45, 7) is 4.94. The van der Waals surface area contributed by atoms with Crippen LogP contribution in [-0.2, 0) is 0 Å². The van der Waals surface area contributed by atoms with Crippen LogP contribution < -0.4 is 4.90 Å². The molecule has 27 heavy (non-hydrogen) atoms. The van der Waals surface area contributed by atoms with Gasteiger partial charge in [0.1, 0.15) is 5.69 Å². The lowest BCUT2D eigenvalue weighted by atomic mass is 10.1. The van der Waals surface area contributed by atoms with Crippen molar-refractivity contribution in [2.75, 3.05) is 31.1 Å². The Labute approximate surface area is 162 Å². The number of nitrogens with one attached hydrogen (secondary N) is 1. The van der Waals surface area contributed by atoms with Crippen molar-refractivity contribution in [3.8, 4) is 11.3 Å². The molecule has 1 aliphatic heterocycles. The summed E-state index contributed by atoms with van der Waals surface area (Å²) in [5.74, 6) is -0.0252. The molecule has 1 fully saturated rings. The summed E-state index contributed by atoms with van der Waals surface area (Å²) in [4.78, 5) is 21.0. The standard InChI is InChI=1S/C20H20ClN5O/c1-14-2-3-15(21)12-17(14)18-13-19(24-23-18)20(27)26-10-8-25(9-11-26)16-4-6-22-7-5-16/h2-7,12-13H,8-11H2,1H3,(H,23,24). The molecule has 0 bridgehead atoms. The molecule has 1 N–H and O–H groups in total. The van der Waals surface area contributed by atoms with Crippen LogP contribution in [0.3, 0.4) is 0 Å². The minimum atomic E-state index is -0.0252. The minimum absolute atomic E-state index is 0.0252. The Hall–Kier alpha value is -2.86. The van der Waals surface area contributed by atoms with Crippen LogP contribution >= 0.6 is 11.6 Å². The second kappa shape index (κ2) is 7.40. The van der Waals surface area contributed by atoms with Crippen molar-refractivity contribution in [1.82, 2.24) is 20.1 Å². The van der Waals surface area contributed by atoms with Crippen LogP contribution in [0.1, 0.15) is 16.1 Å². The van der Waals surface area contributed by atoms with Crippen molar-refractivity contribution in [3.05, 3.63) is 65.1 Å². The fourth-order valence-electron chi connectivity index (χ4n) is 3.33. The molecule has 0 radical (unpaired) electrons. The number of piperazine rings is 1. The number of nitrogens with zero attached hydrogens (tertiary/aromatic N) is 4. The van der Waals surface area contributed by atoms with Crippen molar-refractivity contribution < 1.29 is 4.79 Å². The molecule has 0 saturated carbocycles. The van der Waals surface area contributed by atoms with Crippen LogP contribution in [0.2, 0.25) is 5.02 Å². The number of hydrogen-bond acceptors (Lipinski definition) is 4. The smallest absolute Gasteiger partial charge is 0.272 e. The molecule has 1 aromatic carbocycles. The molecule has 7 heteroatoms. The first-order valence-corrected chi connectivity index (χ1v) is 9.26. The predicted molar refractivity (Wildman–Crippen MR) is 106 cm³/mol. The molecule has 3 heterocycles. The molecule has 6 nitrogen and oxygen atoms in total. The lowest BCUT2D eigenvalue weighted by molar-refractivity contribution is 0.0741. The minimum Gasteiger partial charge on any atom is -0.368 e. The highest BCUT2D eigenvalue weighted by Crippen LogP contribution is 2.26. The highest BCUT2D eigenvalue weighted by Gasteiger charge is 2.24. The van der Waals surface area contributed by atoms with Gasteiger partial charge in [0.15, 0.2) is 0 Å². The monoisotopic (exact) mass is 381 g/mol. The van der Waals surface area contributed by atoms with Gasteiger partial charge in [0.2, 0.25) is 0 Å². The van der Waals surface area contributed by atoms with Gasteiger partial charge in [0, 0.05) is 54.8 Å². The number of rotatable bonds is 3. The van der Waals surface area contributed by atoms with E-state index in [4.69, 9.17) is 11.6 Å². The zero-order chi connectivity index (χ0) is 18.8. The van der Waals surface area contributed by atoms with E-state index in [1.165, 1.54) is 0 Å². The summed E-state index contributed by atoms with van der Waals surface area (Å²) in [5, 5.41) is 7.85. The number of H-pyrrole nitrogens is 1. The Kier molecular flexibility index (Phi) is 4.81. The normalized spacial score (nSPS) is 14.4. The number of aryl methyl sites for hydroxylation is 1. The van der Waals surface area contributed by atoms with Crippen molar-refractivity contribution >= 4 is 23.2 Å². The van der Waals surface area contributed by atoms with Gasteiger partial charge in [0.25, 0.3) is 5.91 Å². The highest BCUT2D eigenvalue weighted by molar-refractivity contribution is 6.30.